The van der Waals surface area contributed by atoms with Crippen LogP contribution in [0.1, 0.15) is 73.3 Å². The number of ether oxygens (including phenoxy) is 5. The highest BCUT2D eigenvalue weighted by Crippen LogP contribution is 2.41. The molecule has 2 aliphatic heterocycles. The van der Waals surface area contributed by atoms with Crippen molar-refractivity contribution in [2.45, 2.75) is 113 Å². The van der Waals surface area contributed by atoms with E-state index in [-0.39, 0.29) is 55.8 Å². The van der Waals surface area contributed by atoms with Crippen molar-refractivity contribution in [3.8, 4) is 22.6 Å². The van der Waals surface area contributed by atoms with Gasteiger partial charge in [-0.05, 0) is 109 Å². The summed E-state index contributed by atoms with van der Waals surface area (Å²) in [4.78, 5) is 26.5. The fraction of sp³-hybridized carbons (Fsp3) is 0.535. The standard InChI is InChI=1S/C43H58FN3O12S2/c1-9-55-34-18-17-31(30-15-13-29(14-16-30)25-45-39(49)58-41(2,3)4)23-37(34)61(53,54)46-21-19-43(20-22-46)24-32(27-57-43)47(40(50)59-42(5,6)7)26-33(48)28-56-35-11-10-12-36(38(35)44)60(8,51)52/h10-18,23,32-33,48H,9,19-22,24-28H2,1-8H3,(H,45,49)/t32-,33-/m0/s1. The highest BCUT2D eigenvalue weighted by atomic mass is 32.2. The van der Waals surface area contributed by atoms with Crippen molar-refractivity contribution in [3.05, 3.63) is 72.0 Å². The Morgan fingerprint density at radius 2 is 1.56 bits per heavy atom. The van der Waals surface area contributed by atoms with Gasteiger partial charge in [0.2, 0.25) is 10.0 Å². The first-order valence-corrected chi connectivity index (χ1v) is 23.5. The molecule has 15 nitrogen and oxygen atoms in total. The van der Waals surface area contributed by atoms with Crippen LogP contribution < -0.4 is 14.8 Å². The topological polar surface area (TPSA) is 187 Å². The molecule has 336 valence electrons. The summed E-state index contributed by atoms with van der Waals surface area (Å²) in [5.74, 6) is -1.22. The van der Waals surface area contributed by atoms with Gasteiger partial charge in [0.15, 0.2) is 21.4 Å². The molecule has 2 heterocycles. The molecular weight excluding hydrogens is 834 g/mol. The van der Waals surface area contributed by atoms with Gasteiger partial charge in [0.05, 0.1) is 31.4 Å². The predicted molar refractivity (Wildman–Crippen MR) is 225 cm³/mol. The van der Waals surface area contributed by atoms with Crippen LogP contribution in [0.5, 0.6) is 11.5 Å². The second-order valence-corrected chi connectivity index (χ2v) is 21.2. The van der Waals surface area contributed by atoms with Crippen LogP contribution in [0, 0.1) is 5.82 Å². The largest absolute Gasteiger partial charge is 0.492 e. The van der Waals surface area contributed by atoms with Crippen molar-refractivity contribution in [2.24, 2.45) is 0 Å². The number of amides is 2. The number of rotatable bonds is 14. The van der Waals surface area contributed by atoms with Crippen molar-refractivity contribution in [1.82, 2.24) is 14.5 Å². The fourth-order valence-electron chi connectivity index (χ4n) is 7.16. The Kier molecular flexibility index (Phi) is 14.7. The highest BCUT2D eigenvalue weighted by Gasteiger charge is 2.48. The van der Waals surface area contributed by atoms with Crippen LogP contribution in [0.15, 0.2) is 70.5 Å². The SMILES string of the molecule is CCOc1ccc(-c2ccc(CNC(=O)OC(C)(C)C)cc2)cc1S(=O)(=O)N1CCC2(CC1)C[C@H](N(C[C@H](O)COc1cccc(S(C)(=O)=O)c1F)C(=O)OC(C)(C)C)CO2. The molecule has 3 aromatic rings. The molecule has 0 radical (unpaired) electrons. The summed E-state index contributed by atoms with van der Waals surface area (Å²) in [7, 11) is -7.93. The summed E-state index contributed by atoms with van der Waals surface area (Å²) in [6.45, 7) is 12.4. The average molecular weight is 892 g/mol. The van der Waals surface area contributed by atoms with E-state index < -0.39 is 78.3 Å². The molecule has 1 spiro atoms. The Balaban J connectivity index is 1.26. The third kappa shape index (κ3) is 12.6. The van der Waals surface area contributed by atoms with Gasteiger partial charge in [0.25, 0.3) is 0 Å². The molecule has 0 aromatic heterocycles. The number of hydrogen-bond donors (Lipinski definition) is 2. The maximum absolute atomic E-state index is 14.9. The number of carbonyl (C=O) groups excluding carboxylic acids is 2. The smallest absolute Gasteiger partial charge is 0.410 e. The van der Waals surface area contributed by atoms with Crippen LogP contribution >= 0.6 is 0 Å². The molecular formula is C43H58FN3O12S2. The van der Waals surface area contributed by atoms with E-state index >= 15 is 0 Å². The Bertz CT molecular complexity index is 2250. The number of benzene rings is 3. The lowest BCUT2D eigenvalue weighted by Gasteiger charge is -2.38. The van der Waals surface area contributed by atoms with E-state index in [2.05, 4.69) is 5.32 Å². The zero-order valence-electron chi connectivity index (χ0n) is 36.0. The van der Waals surface area contributed by atoms with Crippen molar-refractivity contribution in [2.75, 3.05) is 45.7 Å². The predicted octanol–water partition coefficient (Wildman–Crippen LogP) is 6.31. The molecule has 2 N–H and O–H groups in total. The normalized spacial score (nSPS) is 17.7. The minimum Gasteiger partial charge on any atom is -0.492 e. The zero-order chi connectivity index (χ0) is 45.0. The molecule has 3 aromatic carbocycles. The average Bonchev–Trinajstić information content (AvgIpc) is 3.57. The monoisotopic (exact) mass is 891 g/mol. The minimum absolute atomic E-state index is 0.0268. The van der Waals surface area contributed by atoms with Gasteiger partial charge in [-0.2, -0.15) is 4.31 Å². The number of aliphatic hydroxyl groups excluding tert-OH is 1. The van der Waals surface area contributed by atoms with E-state index in [1.165, 1.54) is 21.3 Å². The van der Waals surface area contributed by atoms with Crippen LogP contribution in [-0.4, -0.2) is 118 Å². The quantitative estimate of drug-likeness (QED) is 0.184. The van der Waals surface area contributed by atoms with Gasteiger partial charge in [-0.3, -0.25) is 0 Å². The first-order valence-electron chi connectivity index (χ1n) is 20.2. The number of piperidine rings is 1. The van der Waals surface area contributed by atoms with E-state index in [1.54, 1.807) is 66.7 Å². The molecule has 5 rings (SSSR count). The summed E-state index contributed by atoms with van der Waals surface area (Å²) in [5, 5.41) is 13.8. The summed E-state index contributed by atoms with van der Waals surface area (Å²) in [6, 6.07) is 15.6. The number of aliphatic hydroxyl groups is 1. The second-order valence-electron chi connectivity index (χ2n) is 17.3. The Morgan fingerprint density at radius 3 is 2.16 bits per heavy atom. The molecule has 18 heteroatoms. The molecule has 2 saturated heterocycles. The van der Waals surface area contributed by atoms with Gasteiger partial charge < -0.3 is 39.0 Å². The molecule has 0 aliphatic carbocycles. The molecule has 0 saturated carbocycles. The first-order chi connectivity index (χ1) is 28.4. The molecule has 2 amide bonds. The third-order valence-corrected chi connectivity index (χ3v) is 13.1. The molecule has 0 unspecified atom stereocenters. The second kappa shape index (κ2) is 18.9. The lowest BCUT2D eigenvalue weighted by Crippen LogP contribution is -2.50. The van der Waals surface area contributed by atoms with Crippen molar-refractivity contribution >= 4 is 32.0 Å². The molecule has 0 bridgehead atoms. The zero-order valence-corrected chi connectivity index (χ0v) is 37.7. The fourth-order valence-corrected chi connectivity index (χ4v) is 9.51. The van der Waals surface area contributed by atoms with E-state index in [1.807, 2.05) is 24.3 Å². The summed E-state index contributed by atoms with van der Waals surface area (Å²) < 4.78 is 97.6. The highest BCUT2D eigenvalue weighted by molar-refractivity contribution is 7.90. The van der Waals surface area contributed by atoms with E-state index in [4.69, 9.17) is 23.7 Å². The van der Waals surface area contributed by atoms with Crippen molar-refractivity contribution in [3.63, 3.8) is 0 Å². The summed E-state index contributed by atoms with van der Waals surface area (Å²) in [6.07, 6.45) is -0.700. The van der Waals surface area contributed by atoms with Crippen LogP contribution in [0.4, 0.5) is 14.0 Å². The molecule has 2 aliphatic rings. The number of halogens is 1. The minimum atomic E-state index is -4.06. The maximum Gasteiger partial charge on any atom is 0.410 e. The van der Waals surface area contributed by atoms with Gasteiger partial charge in [-0.25, -0.2) is 30.8 Å². The Morgan fingerprint density at radius 1 is 0.918 bits per heavy atom. The van der Waals surface area contributed by atoms with Crippen molar-refractivity contribution < 1.29 is 59.6 Å². The van der Waals surface area contributed by atoms with Gasteiger partial charge in [-0.15, -0.1) is 0 Å². The van der Waals surface area contributed by atoms with Gasteiger partial charge >= 0.3 is 12.2 Å². The van der Waals surface area contributed by atoms with Crippen LogP contribution in [-0.2, 0) is 40.6 Å². The van der Waals surface area contributed by atoms with E-state index in [0.29, 0.717) is 24.8 Å². The number of hydrogen-bond acceptors (Lipinski definition) is 12. The summed E-state index contributed by atoms with van der Waals surface area (Å²) >= 11 is 0. The lowest BCUT2D eigenvalue weighted by molar-refractivity contribution is -0.0329. The number of sulfonamides is 1. The number of sulfone groups is 1. The Hall–Kier alpha value is -4.49. The Labute approximate surface area is 358 Å². The molecule has 2 atom stereocenters. The number of carbonyl (C=O) groups is 2. The van der Waals surface area contributed by atoms with Gasteiger partial charge in [0, 0.05) is 25.9 Å². The van der Waals surface area contributed by atoms with Crippen LogP contribution in [0.25, 0.3) is 11.1 Å². The van der Waals surface area contributed by atoms with E-state index in [0.717, 1.165) is 23.4 Å². The molecule has 2 fully saturated rings. The van der Waals surface area contributed by atoms with Crippen molar-refractivity contribution in [1.29, 1.82) is 0 Å². The van der Waals surface area contributed by atoms with E-state index in [9.17, 15) is 35.9 Å². The van der Waals surface area contributed by atoms with Crippen LogP contribution in [0.2, 0.25) is 0 Å². The number of alkyl carbamates (subject to hydrolysis) is 1. The number of nitrogens with zero attached hydrogens (tertiary/aromatic N) is 2. The number of nitrogens with one attached hydrogen (secondary N) is 1. The summed E-state index contributed by atoms with van der Waals surface area (Å²) in [5.41, 5.74) is -0.000415. The first kappa shape index (κ1) is 47.6. The maximum atomic E-state index is 14.9. The lowest BCUT2D eigenvalue weighted by atomic mass is 9.88. The van der Waals surface area contributed by atoms with Gasteiger partial charge in [-0.1, -0.05) is 36.4 Å². The van der Waals surface area contributed by atoms with Crippen LogP contribution in [0.3, 0.4) is 0 Å². The molecule has 61 heavy (non-hydrogen) atoms. The third-order valence-electron chi connectivity index (χ3n) is 10.0. The van der Waals surface area contributed by atoms with Gasteiger partial charge in [0.1, 0.15) is 39.5 Å².